The molecule has 0 aromatic carbocycles. The number of primary amides is 1. The summed E-state index contributed by atoms with van der Waals surface area (Å²) in [5.74, 6) is -0.0457. The van der Waals surface area contributed by atoms with E-state index >= 15 is 0 Å². The summed E-state index contributed by atoms with van der Waals surface area (Å²) in [5, 5.41) is 5.39. The first-order valence-electron chi connectivity index (χ1n) is 8.05. The van der Waals surface area contributed by atoms with E-state index in [1.165, 1.54) is 22.3 Å². The fourth-order valence-corrected chi connectivity index (χ4v) is 5.04. The maximum atomic E-state index is 12.2. The van der Waals surface area contributed by atoms with Gasteiger partial charge in [-0.05, 0) is 48.3 Å². The second-order valence-electron chi connectivity index (χ2n) is 5.93. The zero-order valence-electron chi connectivity index (χ0n) is 13.5. The van der Waals surface area contributed by atoms with Gasteiger partial charge in [0.25, 0.3) is 5.91 Å². The quantitative estimate of drug-likeness (QED) is 0.789. The highest BCUT2D eigenvalue weighted by Gasteiger charge is 2.27. The molecule has 2 amide bonds. The Balaban J connectivity index is 1.81. The molecule has 0 saturated heterocycles. The van der Waals surface area contributed by atoms with Gasteiger partial charge in [-0.25, -0.2) is 0 Å². The molecule has 126 valence electrons. The number of hydrogen-bond acceptors (Lipinski definition) is 4. The van der Waals surface area contributed by atoms with Crippen LogP contribution in [-0.2, 0) is 17.6 Å². The largest absolute Gasteiger partial charge is 0.365 e. The van der Waals surface area contributed by atoms with E-state index in [-0.39, 0.29) is 5.91 Å². The fraction of sp³-hybridized carbons (Fsp3) is 0.333. The van der Waals surface area contributed by atoms with Crippen molar-refractivity contribution in [1.82, 2.24) is 0 Å². The Morgan fingerprint density at radius 1 is 1.46 bits per heavy atom. The molecule has 1 unspecified atom stereocenters. The number of nitrogens with two attached hydrogens (primary N) is 1. The van der Waals surface area contributed by atoms with Gasteiger partial charge in [-0.3, -0.25) is 9.59 Å². The van der Waals surface area contributed by atoms with E-state index in [1.807, 2.05) is 17.5 Å². The molecule has 1 aliphatic carbocycles. The number of nitrogens with one attached hydrogen (secondary N) is 1. The average Bonchev–Trinajstić information content (AvgIpc) is 3.19. The van der Waals surface area contributed by atoms with Crippen LogP contribution in [0.2, 0.25) is 0 Å². The average molecular weight is 361 g/mol. The van der Waals surface area contributed by atoms with E-state index in [0.717, 1.165) is 36.1 Å². The van der Waals surface area contributed by atoms with Gasteiger partial charge in [0.15, 0.2) is 0 Å². The minimum atomic E-state index is -0.458. The molecule has 0 saturated carbocycles. The van der Waals surface area contributed by atoms with Crippen LogP contribution in [0.3, 0.4) is 0 Å². The highest BCUT2D eigenvalue weighted by molar-refractivity contribution is 7.17. The van der Waals surface area contributed by atoms with Crippen LogP contribution in [0.5, 0.6) is 0 Å². The molecule has 6 heteroatoms. The summed E-state index contributed by atoms with van der Waals surface area (Å²) < 4.78 is 0. The highest BCUT2D eigenvalue weighted by atomic mass is 32.1. The lowest BCUT2D eigenvalue weighted by Crippen LogP contribution is -2.19. The molecule has 2 aromatic heterocycles. The number of amides is 2. The minimum Gasteiger partial charge on any atom is -0.365 e. The number of rotatable bonds is 5. The summed E-state index contributed by atoms with van der Waals surface area (Å²) in [4.78, 5) is 26.3. The summed E-state index contributed by atoms with van der Waals surface area (Å²) >= 11 is 3.06. The third-order valence-corrected chi connectivity index (χ3v) is 6.38. The third kappa shape index (κ3) is 3.60. The van der Waals surface area contributed by atoms with Gasteiger partial charge in [0.1, 0.15) is 5.00 Å². The fourth-order valence-electron chi connectivity index (χ4n) is 3.05. The first kappa shape index (κ1) is 16.9. The molecule has 0 aliphatic heterocycles. The van der Waals surface area contributed by atoms with Crippen molar-refractivity contribution in [2.45, 2.75) is 32.6 Å². The smallest absolute Gasteiger partial charge is 0.251 e. The van der Waals surface area contributed by atoms with Gasteiger partial charge in [0, 0.05) is 15.8 Å². The van der Waals surface area contributed by atoms with Gasteiger partial charge >= 0.3 is 0 Å². The van der Waals surface area contributed by atoms with E-state index in [9.17, 15) is 9.59 Å². The molecular formula is C18H20N2O2S2. The molecule has 3 N–H and O–H groups in total. The monoisotopic (exact) mass is 360 g/mol. The van der Waals surface area contributed by atoms with Crippen molar-refractivity contribution in [3.8, 4) is 0 Å². The molecular weight excluding hydrogens is 340 g/mol. The lowest BCUT2D eigenvalue weighted by atomic mass is 9.85. The van der Waals surface area contributed by atoms with Crippen molar-refractivity contribution in [2.75, 3.05) is 5.32 Å². The zero-order valence-corrected chi connectivity index (χ0v) is 15.1. The first-order valence-corrected chi connectivity index (χ1v) is 9.75. The van der Waals surface area contributed by atoms with Gasteiger partial charge < -0.3 is 11.1 Å². The topological polar surface area (TPSA) is 72.2 Å². The van der Waals surface area contributed by atoms with Crippen LogP contribution in [0, 0.1) is 5.92 Å². The van der Waals surface area contributed by atoms with Crippen LogP contribution < -0.4 is 11.1 Å². The second-order valence-corrected chi connectivity index (χ2v) is 8.01. The predicted molar refractivity (Wildman–Crippen MR) is 101 cm³/mol. The molecule has 3 rings (SSSR count). The number of carbonyl (C=O) groups excluding carboxylic acids is 2. The number of anilines is 1. The Morgan fingerprint density at radius 3 is 2.96 bits per heavy atom. The number of thiophene rings is 2. The minimum absolute atomic E-state index is 0.239. The third-order valence-electron chi connectivity index (χ3n) is 4.37. The number of hydrogen-bond donors (Lipinski definition) is 2. The van der Waals surface area contributed by atoms with Crippen molar-refractivity contribution in [3.63, 3.8) is 0 Å². The van der Waals surface area contributed by atoms with Crippen molar-refractivity contribution < 1.29 is 9.59 Å². The Hall–Kier alpha value is -1.92. The lowest BCUT2D eigenvalue weighted by Gasteiger charge is -2.20. The molecule has 24 heavy (non-hydrogen) atoms. The molecule has 2 aromatic rings. The number of carbonyl (C=O) groups is 2. The molecule has 2 heterocycles. The second kappa shape index (κ2) is 7.32. The Labute approximate surface area is 149 Å². The number of fused-ring (bicyclic) bond motifs is 1. The maximum absolute atomic E-state index is 12.2. The molecule has 0 radical (unpaired) electrons. The van der Waals surface area contributed by atoms with Crippen molar-refractivity contribution in [2.24, 2.45) is 11.7 Å². The Bertz CT molecular complexity index is 775. The molecule has 1 aliphatic rings. The standard InChI is InChI=1S/C18H20N2O2S2/c1-2-11-5-7-13-14(10-11)24-18(16(13)17(19)22)20-15(21)8-6-12-4-3-9-23-12/h3-4,6,8-9,11H,2,5,7,10H2,1H3,(H2,19,22)(H,20,21). The van der Waals surface area contributed by atoms with Crippen LogP contribution in [0.15, 0.2) is 23.6 Å². The molecule has 0 fully saturated rings. The van der Waals surface area contributed by atoms with Gasteiger partial charge in [-0.15, -0.1) is 22.7 Å². The van der Waals surface area contributed by atoms with Crippen LogP contribution in [0.25, 0.3) is 6.08 Å². The molecule has 0 bridgehead atoms. The van der Waals surface area contributed by atoms with Gasteiger partial charge in [-0.2, -0.15) is 0 Å². The molecule has 4 nitrogen and oxygen atoms in total. The molecule has 0 spiro atoms. The van der Waals surface area contributed by atoms with E-state index in [4.69, 9.17) is 5.73 Å². The summed E-state index contributed by atoms with van der Waals surface area (Å²) in [6.45, 7) is 2.19. The van der Waals surface area contributed by atoms with Gasteiger partial charge in [0.05, 0.1) is 5.56 Å². The van der Waals surface area contributed by atoms with Crippen LogP contribution in [0.1, 0.15) is 45.4 Å². The van der Waals surface area contributed by atoms with Gasteiger partial charge in [0.2, 0.25) is 5.91 Å². The maximum Gasteiger partial charge on any atom is 0.251 e. The lowest BCUT2D eigenvalue weighted by molar-refractivity contribution is -0.111. The zero-order chi connectivity index (χ0) is 17.1. The first-order chi connectivity index (χ1) is 11.6. The Kier molecular flexibility index (Phi) is 5.16. The van der Waals surface area contributed by atoms with E-state index in [2.05, 4.69) is 12.2 Å². The SMILES string of the molecule is CCC1CCc2c(sc(NC(=O)C=Cc3cccs3)c2C(N)=O)C1. The van der Waals surface area contributed by atoms with Gasteiger partial charge in [-0.1, -0.05) is 19.4 Å². The highest BCUT2D eigenvalue weighted by Crippen LogP contribution is 2.40. The van der Waals surface area contributed by atoms with E-state index < -0.39 is 5.91 Å². The van der Waals surface area contributed by atoms with Crippen LogP contribution >= 0.6 is 22.7 Å². The summed E-state index contributed by atoms with van der Waals surface area (Å²) in [6.07, 6.45) is 7.30. The van der Waals surface area contributed by atoms with Crippen molar-refractivity contribution >= 4 is 45.6 Å². The van der Waals surface area contributed by atoms with Crippen LogP contribution in [-0.4, -0.2) is 11.8 Å². The van der Waals surface area contributed by atoms with Crippen LogP contribution in [0.4, 0.5) is 5.00 Å². The normalized spacial score (nSPS) is 17.0. The summed E-state index contributed by atoms with van der Waals surface area (Å²) in [7, 11) is 0. The summed E-state index contributed by atoms with van der Waals surface area (Å²) in [5.41, 5.74) is 7.12. The summed E-state index contributed by atoms with van der Waals surface area (Å²) in [6, 6.07) is 3.88. The Morgan fingerprint density at radius 2 is 2.29 bits per heavy atom. The van der Waals surface area contributed by atoms with E-state index in [0.29, 0.717) is 16.5 Å². The van der Waals surface area contributed by atoms with E-state index in [1.54, 1.807) is 17.4 Å². The predicted octanol–water partition coefficient (Wildman–Crippen LogP) is 4.08. The van der Waals surface area contributed by atoms with Crippen molar-refractivity contribution in [3.05, 3.63) is 44.5 Å². The van der Waals surface area contributed by atoms with Crippen molar-refractivity contribution in [1.29, 1.82) is 0 Å². The molecule has 1 atom stereocenters.